The van der Waals surface area contributed by atoms with Crippen molar-refractivity contribution in [1.82, 2.24) is 9.97 Å². The summed E-state index contributed by atoms with van der Waals surface area (Å²) in [6, 6.07) is 0. The minimum absolute atomic E-state index is 0.294. The average Bonchev–Trinajstić information content (AvgIpc) is 2.47. The fourth-order valence-corrected chi connectivity index (χ4v) is 1.68. The summed E-state index contributed by atoms with van der Waals surface area (Å²) in [5, 5.41) is 0.683. The lowest BCUT2D eigenvalue weighted by Crippen LogP contribution is -2.10. The van der Waals surface area contributed by atoms with E-state index in [1.807, 2.05) is 6.92 Å². The molecule has 0 atom stereocenters. The van der Waals surface area contributed by atoms with Crippen molar-refractivity contribution in [3.63, 3.8) is 0 Å². The Kier molecular flexibility index (Phi) is 4.48. The number of rotatable bonds is 4. The lowest BCUT2D eigenvalue weighted by atomic mass is 10.8. The Bertz CT molecular complexity index is 338. The fraction of sp³-hybridized carbons (Fsp3) is 0.556. The molecule has 0 saturated heterocycles. The van der Waals surface area contributed by atoms with Gasteiger partial charge in [-0.25, -0.2) is 9.78 Å². The molecular formula is C9H14N2O3S. The van der Waals surface area contributed by atoms with E-state index in [2.05, 4.69) is 14.7 Å². The highest BCUT2D eigenvalue weighted by molar-refractivity contribution is 7.99. The number of imidazole rings is 1. The van der Waals surface area contributed by atoms with Crippen LogP contribution in [-0.2, 0) is 4.74 Å². The van der Waals surface area contributed by atoms with E-state index >= 15 is 0 Å². The lowest BCUT2D eigenvalue weighted by molar-refractivity contribution is 0.102. The summed E-state index contributed by atoms with van der Waals surface area (Å²) in [7, 11) is 0. The standard InChI is InChI=1S/C9H14N2O3S/c1-4-13-9(12)14-7-8(15-5-2)11-6(3)10-7/h4-5H2,1-3H3,(H,10,11). The van der Waals surface area contributed by atoms with Crippen molar-refractivity contribution in [1.29, 1.82) is 0 Å². The van der Waals surface area contributed by atoms with Crippen molar-refractivity contribution in [2.45, 2.75) is 25.8 Å². The second-order valence-corrected chi connectivity index (χ2v) is 3.93. The topological polar surface area (TPSA) is 64.2 Å². The van der Waals surface area contributed by atoms with Crippen molar-refractivity contribution < 1.29 is 14.3 Å². The summed E-state index contributed by atoms with van der Waals surface area (Å²) in [5.41, 5.74) is 0. The Morgan fingerprint density at radius 1 is 1.53 bits per heavy atom. The van der Waals surface area contributed by atoms with Gasteiger partial charge in [0.2, 0.25) is 5.88 Å². The summed E-state index contributed by atoms with van der Waals surface area (Å²) in [6.45, 7) is 5.82. The van der Waals surface area contributed by atoms with E-state index in [9.17, 15) is 4.79 Å². The summed E-state index contributed by atoms with van der Waals surface area (Å²) < 4.78 is 9.63. The van der Waals surface area contributed by atoms with Crippen molar-refractivity contribution in [3.05, 3.63) is 5.82 Å². The smallest absolute Gasteiger partial charge is 0.434 e. The number of H-pyrrole nitrogens is 1. The number of carbonyl (C=O) groups excluding carboxylic acids is 1. The Morgan fingerprint density at radius 2 is 2.27 bits per heavy atom. The van der Waals surface area contributed by atoms with Crippen LogP contribution in [0.1, 0.15) is 19.7 Å². The normalized spacial score (nSPS) is 10.1. The highest BCUT2D eigenvalue weighted by atomic mass is 32.2. The zero-order valence-electron chi connectivity index (χ0n) is 8.99. The Morgan fingerprint density at radius 3 is 2.87 bits per heavy atom. The average molecular weight is 230 g/mol. The Hall–Kier alpha value is -1.17. The third-order valence-corrected chi connectivity index (χ3v) is 2.33. The SMILES string of the molecule is CCOC(=O)Oc1[nH]c(C)nc1SCC. The molecule has 84 valence electrons. The number of thioether (sulfide) groups is 1. The Balaban J connectivity index is 2.70. The van der Waals surface area contributed by atoms with Crippen LogP contribution in [0.5, 0.6) is 5.88 Å². The first-order chi connectivity index (χ1) is 7.17. The van der Waals surface area contributed by atoms with E-state index in [0.717, 1.165) is 5.75 Å². The number of aromatic amines is 1. The van der Waals surface area contributed by atoms with E-state index in [1.165, 1.54) is 11.8 Å². The molecule has 1 aromatic rings. The van der Waals surface area contributed by atoms with Crippen LogP contribution < -0.4 is 4.74 Å². The zero-order chi connectivity index (χ0) is 11.3. The highest BCUT2D eigenvalue weighted by Crippen LogP contribution is 2.26. The molecular weight excluding hydrogens is 216 g/mol. The van der Waals surface area contributed by atoms with Crippen molar-refractivity contribution in [2.75, 3.05) is 12.4 Å². The number of aromatic nitrogens is 2. The molecule has 0 aromatic carbocycles. The van der Waals surface area contributed by atoms with Gasteiger partial charge >= 0.3 is 6.16 Å². The first-order valence-electron chi connectivity index (χ1n) is 4.71. The van der Waals surface area contributed by atoms with E-state index in [0.29, 0.717) is 23.3 Å². The molecule has 1 heterocycles. The number of nitrogens with zero attached hydrogens (tertiary/aromatic N) is 1. The maximum atomic E-state index is 11.1. The van der Waals surface area contributed by atoms with Gasteiger partial charge in [0.25, 0.3) is 0 Å². The molecule has 1 aromatic heterocycles. The van der Waals surface area contributed by atoms with Crippen LogP contribution in [0.2, 0.25) is 0 Å². The third-order valence-electron chi connectivity index (χ3n) is 1.49. The van der Waals surface area contributed by atoms with Gasteiger partial charge in [0.05, 0.1) is 6.61 Å². The maximum Gasteiger partial charge on any atom is 0.515 e. The molecule has 0 unspecified atom stereocenters. The van der Waals surface area contributed by atoms with Gasteiger partial charge in [-0.05, 0) is 19.6 Å². The summed E-state index contributed by atoms with van der Waals surface area (Å²) in [6.07, 6.45) is -0.709. The van der Waals surface area contributed by atoms with Gasteiger partial charge in [0, 0.05) is 0 Å². The van der Waals surface area contributed by atoms with Crippen molar-refractivity contribution in [2.24, 2.45) is 0 Å². The zero-order valence-corrected chi connectivity index (χ0v) is 9.81. The molecule has 0 spiro atoms. The number of ether oxygens (including phenoxy) is 2. The van der Waals surface area contributed by atoms with Crippen molar-refractivity contribution in [3.8, 4) is 5.88 Å². The highest BCUT2D eigenvalue weighted by Gasteiger charge is 2.14. The molecule has 0 aliphatic rings. The van der Waals surface area contributed by atoms with Crippen molar-refractivity contribution >= 4 is 17.9 Å². The number of carbonyl (C=O) groups is 1. The molecule has 15 heavy (non-hydrogen) atoms. The van der Waals surface area contributed by atoms with Gasteiger partial charge in [-0.15, -0.1) is 11.8 Å². The van der Waals surface area contributed by atoms with E-state index < -0.39 is 6.16 Å². The first-order valence-corrected chi connectivity index (χ1v) is 5.69. The molecule has 1 rings (SSSR count). The van der Waals surface area contributed by atoms with Gasteiger partial charge < -0.3 is 14.5 Å². The van der Waals surface area contributed by atoms with Crippen LogP contribution >= 0.6 is 11.8 Å². The number of aryl methyl sites for hydroxylation is 1. The predicted octanol–water partition coefficient (Wildman–Crippen LogP) is 2.37. The molecule has 6 heteroatoms. The van der Waals surface area contributed by atoms with Crippen LogP contribution in [-0.4, -0.2) is 28.5 Å². The fourth-order valence-electron chi connectivity index (χ4n) is 0.983. The molecule has 0 amide bonds. The maximum absolute atomic E-state index is 11.1. The van der Waals surface area contributed by atoms with Crippen LogP contribution in [0.15, 0.2) is 5.03 Å². The minimum Gasteiger partial charge on any atom is -0.434 e. The first kappa shape index (κ1) is 11.9. The van der Waals surface area contributed by atoms with Gasteiger partial charge in [-0.1, -0.05) is 6.92 Å². The summed E-state index contributed by atoms with van der Waals surface area (Å²) in [4.78, 5) is 18.1. The van der Waals surface area contributed by atoms with Crippen LogP contribution in [0.25, 0.3) is 0 Å². The summed E-state index contributed by atoms with van der Waals surface area (Å²) >= 11 is 1.51. The predicted molar refractivity (Wildman–Crippen MR) is 57.4 cm³/mol. The second-order valence-electron chi connectivity index (χ2n) is 2.67. The van der Waals surface area contributed by atoms with E-state index in [1.54, 1.807) is 13.8 Å². The minimum atomic E-state index is -0.709. The third kappa shape index (κ3) is 3.47. The van der Waals surface area contributed by atoms with Gasteiger partial charge in [0.1, 0.15) is 5.82 Å². The molecule has 0 radical (unpaired) electrons. The van der Waals surface area contributed by atoms with Crippen LogP contribution in [0.3, 0.4) is 0 Å². The molecule has 0 bridgehead atoms. The quantitative estimate of drug-likeness (QED) is 0.635. The second kappa shape index (κ2) is 5.65. The molecule has 5 nitrogen and oxygen atoms in total. The largest absolute Gasteiger partial charge is 0.515 e. The molecule has 0 fully saturated rings. The van der Waals surface area contributed by atoms with Gasteiger partial charge in [-0.3, -0.25) is 0 Å². The molecule has 0 aliphatic carbocycles. The monoisotopic (exact) mass is 230 g/mol. The lowest BCUT2D eigenvalue weighted by Gasteiger charge is -2.02. The molecule has 0 aliphatic heterocycles. The van der Waals surface area contributed by atoms with Gasteiger partial charge in [0.15, 0.2) is 5.03 Å². The van der Waals surface area contributed by atoms with Gasteiger partial charge in [-0.2, -0.15) is 0 Å². The van der Waals surface area contributed by atoms with Crippen LogP contribution in [0.4, 0.5) is 4.79 Å². The Labute approximate surface area is 92.6 Å². The van der Waals surface area contributed by atoms with E-state index in [-0.39, 0.29) is 0 Å². The number of hydrogen-bond donors (Lipinski definition) is 1. The van der Waals surface area contributed by atoms with E-state index in [4.69, 9.17) is 4.74 Å². The summed E-state index contributed by atoms with van der Waals surface area (Å²) in [5.74, 6) is 1.94. The molecule has 0 saturated carbocycles. The number of hydrogen-bond acceptors (Lipinski definition) is 5. The number of nitrogens with one attached hydrogen (secondary N) is 1. The van der Waals surface area contributed by atoms with Crippen LogP contribution in [0, 0.1) is 6.92 Å². The molecule has 1 N–H and O–H groups in total.